The topological polar surface area (TPSA) is 46.7 Å². The number of aldehydes is 1. The first kappa shape index (κ1) is 20.5. The van der Waals surface area contributed by atoms with Gasteiger partial charge in [0.1, 0.15) is 31.1 Å². The number of aryl methyl sites for hydroxylation is 4. The normalized spacial score (nSPS) is 10.9. The van der Waals surface area contributed by atoms with Crippen LogP contribution in [0.3, 0.4) is 0 Å². The van der Waals surface area contributed by atoms with Gasteiger partial charge in [-0.15, -0.1) is 0 Å². The van der Waals surface area contributed by atoms with E-state index in [2.05, 4.69) is 68.8 Å². The summed E-state index contributed by atoms with van der Waals surface area (Å²) in [6.45, 7) is 2.88. The van der Waals surface area contributed by atoms with Gasteiger partial charge in [-0.3, -0.25) is 4.79 Å². The van der Waals surface area contributed by atoms with Crippen LogP contribution >= 0.6 is 21.6 Å². The first-order valence-electron chi connectivity index (χ1n) is 9.30. The summed E-state index contributed by atoms with van der Waals surface area (Å²) in [6.07, 6.45) is 12.5. The van der Waals surface area contributed by atoms with Crippen molar-refractivity contribution in [2.24, 2.45) is 14.1 Å². The van der Waals surface area contributed by atoms with Gasteiger partial charge in [0.25, 0.3) is 0 Å². The maximum absolute atomic E-state index is 10.7. The summed E-state index contributed by atoms with van der Waals surface area (Å²) in [7, 11) is 7.85. The SMILES string of the molecule is Cn1cc[n+](C)c1SSCCn1cc[n+](CCCNc2ccc(C=O)cc2)c1. The molecule has 0 bridgehead atoms. The fourth-order valence-electron chi connectivity index (χ4n) is 2.81. The molecule has 6 nitrogen and oxygen atoms in total. The lowest BCUT2D eigenvalue weighted by atomic mass is 10.2. The predicted octanol–water partition coefficient (Wildman–Crippen LogP) is 2.69. The molecule has 0 unspecified atom stereocenters. The van der Waals surface area contributed by atoms with E-state index in [9.17, 15) is 4.79 Å². The van der Waals surface area contributed by atoms with Crippen LogP contribution in [0.25, 0.3) is 0 Å². The minimum atomic E-state index is 0.705. The first-order chi connectivity index (χ1) is 13.7. The Hall–Kier alpha value is -2.19. The largest absolute Gasteiger partial charge is 0.385 e. The van der Waals surface area contributed by atoms with Gasteiger partial charge in [0.2, 0.25) is 6.33 Å². The molecule has 0 spiro atoms. The number of carbonyl (C=O) groups is 1. The van der Waals surface area contributed by atoms with E-state index in [-0.39, 0.29) is 0 Å². The van der Waals surface area contributed by atoms with Gasteiger partial charge in [-0.25, -0.2) is 18.3 Å². The minimum absolute atomic E-state index is 0.705. The smallest absolute Gasteiger partial charge is 0.328 e. The third-order valence-electron chi connectivity index (χ3n) is 4.40. The van der Waals surface area contributed by atoms with Crippen LogP contribution in [0, 0.1) is 0 Å². The number of hydrogen-bond donors (Lipinski definition) is 1. The number of nitrogens with zero attached hydrogens (tertiary/aromatic N) is 4. The van der Waals surface area contributed by atoms with E-state index in [0.29, 0.717) is 5.56 Å². The maximum Gasteiger partial charge on any atom is 0.328 e. The highest BCUT2D eigenvalue weighted by molar-refractivity contribution is 8.76. The number of imidazole rings is 2. The molecular weight excluding hydrogens is 390 g/mol. The predicted molar refractivity (Wildman–Crippen MR) is 114 cm³/mol. The Morgan fingerprint density at radius 1 is 1.18 bits per heavy atom. The number of carbonyl (C=O) groups excluding carboxylic acids is 1. The zero-order valence-corrected chi connectivity index (χ0v) is 18.0. The van der Waals surface area contributed by atoms with Gasteiger partial charge in [-0.2, -0.15) is 0 Å². The molecule has 0 fully saturated rings. The Morgan fingerprint density at radius 2 is 2.00 bits per heavy atom. The van der Waals surface area contributed by atoms with Crippen LogP contribution in [0.15, 0.2) is 60.5 Å². The molecule has 28 heavy (non-hydrogen) atoms. The molecule has 0 aliphatic heterocycles. The molecule has 0 amide bonds. The van der Waals surface area contributed by atoms with Gasteiger partial charge in [0, 0.05) is 40.8 Å². The number of nitrogens with one attached hydrogen (secondary N) is 1. The van der Waals surface area contributed by atoms with Crippen molar-refractivity contribution in [3.8, 4) is 0 Å². The second kappa shape index (κ2) is 10.4. The molecule has 0 saturated carbocycles. The molecule has 148 valence electrons. The maximum atomic E-state index is 10.7. The van der Waals surface area contributed by atoms with Crippen LogP contribution in [-0.2, 0) is 27.2 Å². The molecule has 0 aliphatic carbocycles. The summed E-state index contributed by atoms with van der Waals surface area (Å²) in [5.74, 6) is 1.06. The van der Waals surface area contributed by atoms with Crippen molar-refractivity contribution in [2.45, 2.75) is 24.7 Å². The van der Waals surface area contributed by atoms with Crippen LogP contribution in [0.5, 0.6) is 0 Å². The molecule has 1 aromatic carbocycles. The fraction of sp³-hybridized carbons (Fsp3) is 0.350. The summed E-state index contributed by atoms with van der Waals surface area (Å²) in [5.41, 5.74) is 1.76. The second-order valence-corrected chi connectivity index (χ2v) is 9.00. The Labute approximate surface area is 174 Å². The molecular formula is C20H27N5OS2+2. The van der Waals surface area contributed by atoms with Crippen molar-refractivity contribution < 1.29 is 13.9 Å². The molecule has 0 aliphatic rings. The molecule has 2 heterocycles. The monoisotopic (exact) mass is 417 g/mol. The highest BCUT2D eigenvalue weighted by Gasteiger charge is 2.12. The van der Waals surface area contributed by atoms with Crippen LogP contribution in [-0.4, -0.2) is 27.7 Å². The molecule has 8 heteroatoms. The molecule has 0 atom stereocenters. The van der Waals surface area contributed by atoms with Gasteiger partial charge in [0.15, 0.2) is 0 Å². The Kier molecular flexibility index (Phi) is 7.62. The summed E-state index contributed by atoms with van der Waals surface area (Å²) in [4.78, 5) is 10.7. The van der Waals surface area contributed by atoms with E-state index in [1.54, 1.807) is 0 Å². The summed E-state index contributed by atoms with van der Waals surface area (Å²) < 4.78 is 8.76. The average molecular weight is 418 g/mol. The number of hydrogen-bond acceptors (Lipinski definition) is 4. The fourth-order valence-corrected chi connectivity index (χ4v) is 5.13. The van der Waals surface area contributed by atoms with Crippen molar-refractivity contribution >= 4 is 33.6 Å². The summed E-state index contributed by atoms with van der Waals surface area (Å²) in [5, 5.41) is 4.64. The highest BCUT2D eigenvalue weighted by atomic mass is 33.1. The van der Waals surface area contributed by atoms with Crippen molar-refractivity contribution in [2.75, 3.05) is 17.6 Å². The van der Waals surface area contributed by atoms with Gasteiger partial charge in [0.05, 0.1) is 27.2 Å². The number of benzene rings is 1. The van der Waals surface area contributed by atoms with Gasteiger partial charge < -0.3 is 5.32 Å². The molecule has 1 N–H and O–H groups in total. The van der Waals surface area contributed by atoms with Crippen molar-refractivity contribution in [3.05, 3.63) is 60.9 Å². The Balaban J connectivity index is 1.33. The van der Waals surface area contributed by atoms with Crippen molar-refractivity contribution in [3.63, 3.8) is 0 Å². The zero-order chi connectivity index (χ0) is 19.8. The van der Waals surface area contributed by atoms with Crippen LogP contribution in [0.2, 0.25) is 0 Å². The molecule has 2 aromatic heterocycles. The Morgan fingerprint density at radius 3 is 2.71 bits per heavy atom. The zero-order valence-electron chi connectivity index (χ0n) is 16.3. The van der Waals surface area contributed by atoms with Gasteiger partial charge in [-0.05, 0) is 24.3 Å². The Bertz CT molecular complexity index is 869. The lowest BCUT2D eigenvalue weighted by Crippen LogP contribution is -2.32. The number of aromatic nitrogens is 4. The van der Waals surface area contributed by atoms with E-state index >= 15 is 0 Å². The third kappa shape index (κ3) is 5.90. The van der Waals surface area contributed by atoms with E-state index in [1.165, 1.54) is 5.16 Å². The van der Waals surface area contributed by atoms with Crippen LogP contribution in [0.4, 0.5) is 5.69 Å². The molecule has 3 rings (SSSR count). The van der Waals surface area contributed by atoms with Crippen LogP contribution in [0.1, 0.15) is 16.8 Å². The number of rotatable bonds is 11. The van der Waals surface area contributed by atoms with E-state index in [0.717, 1.165) is 43.8 Å². The highest BCUT2D eigenvalue weighted by Crippen LogP contribution is 2.28. The van der Waals surface area contributed by atoms with E-state index in [4.69, 9.17) is 0 Å². The third-order valence-corrected chi connectivity index (χ3v) is 6.89. The lowest BCUT2D eigenvalue weighted by molar-refractivity contribution is -0.709. The second-order valence-electron chi connectivity index (χ2n) is 6.62. The van der Waals surface area contributed by atoms with Crippen molar-refractivity contribution in [1.82, 2.24) is 9.13 Å². The molecule has 0 saturated heterocycles. The molecule has 3 aromatic rings. The van der Waals surface area contributed by atoms with Crippen molar-refractivity contribution in [1.29, 1.82) is 0 Å². The number of anilines is 1. The van der Waals surface area contributed by atoms with E-state index < -0.39 is 0 Å². The summed E-state index contributed by atoms with van der Waals surface area (Å²) in [6, 6.07) is 7.55. The van der Waals surface area contributed by atoms with Crippen LogP contribution < -0.4 is 14.5 Å². The average Bonchev–Trinajstić information content (AvgIpc) is 3.29. The first-order valence-corrected chi connectivity index (χ1v) is 11.6. The quantitative estimate of drug-likeness (QED) is 0.226. The van der Waals surface area contributed by atoms with Gasteiger partial charge in [-0.1, -0.05) is 10.8 Å². The van der Waals surface area contributed by atoms with E-state index in [1.807, 2.05) is 45.9 Å². The standard InChI is InChI=1S/C20H26N5OS2/c1-22-10-11-23(2)20(22)28-27-15-14-25-13-12-24(17-25)9-3-8-21-19-6-4-18(16-26)5-7-19/h4-7,10-13,16-17H,3,8-9,14-15H2,1-2H3/q+1/p+1. The lowest BCUT2D eigenvalue weighted by Gasteiger charge is -2.05. The minimum Gasteiger partial charge on any atom is -0.385 e. The summed E-state index contributed by atoms with van der Waals surface area (Å²) >= 11 is 0. The van der Waals surface area contributed by atoms with Gasteiger partial charge >= 0.3 is 5.16 Å². The molecule has 0 radical (unpaired) electrons.